The van der Waals surface area contributed by atoms with Gasteiger partial charge in [0.1, 0.15) is 17.3 Å². The molecule has 1 aromatic heterocycles. The maximum Gasteiger partial charge on any atom is 0.325 e. The summed E-state index contributed by atoms with van der Waals surface area (Å²) < 4.78 is 9.97. The molecule has 0 aliphatic heterocycles. The molecule has 1 heterocycles. The van der Waals surface area contributed by atoms with E-state index < -0.39 is 36.8 Å². The number of hydrogen-bond donors (Lipinski definition) is 3. The molecule has 142 valence electrons. The van der Waals surface area contributed by atoms with Crippen LogP contribution in [0.4, 0.5) is 5.00 Å². The Hall–Kier alpha value is -3.40. The second-order valence-electron chi connectivity index (χ2n) is 5.11. The molecule has 27 heavy (non-hydrogen) atoms. The first kappa shape index (κ1) is 19.9. The van der Waals surface area contributed by atoms with Crippen LogP contribution in [0.1, 0.15) is 10.4 Å². The Morgan fingerprint density at radius 2 is 1.74 bits per heavy atom. The van der Waals surface area contributed by atoms with Crippen LogP contribution >= 0.6 is 11.3 Å². The summed E-state index contributed by atoms with van der Waals surface area (Å²) in [6.45, 7) is -1.23. The number of thiophene rings is 1. The number of carbonyl (C=O) groups is 4. The van der Waals surface area contributed by atoms with Crippen molar-refractivity contribution in [3.63, 3.8) is 0 Å². The largest absolute Gasteiger partial charge is 0.484 e. The topological polar surface area (TPSA) is 137 Å². The normalized spacial score (nSPS) is 9.93. The predicted molar refractivity (Wildman–Crippen MR) is 97.4 cm³/mol. The molecule has 0 bridgehead atoms. The van der Waals surface area contributed by atoms with Gasteiger partial charge >= 0.3 is 5.97 Å². The minimum absolute atomic E-state index is 0.172. The summed E-state index contributed by atoms with van der Waals surface area (Å²) >= 11 is 1.11. The van der Waals surface area contributed by atoms with Gasteiger partial charge < -0.3 is 25.8 Å². The molecule has 0 radical (unpaired) electrons. The lowest BCUT2D eigenvalue weighted by atomic mass is 10.3. The first-order chi connectivity index (χ1) is 13.0. The number of hydrogen-bond acceptors (Lipinski definition) is 7. The number of rotatable bonds is 9. The van der Waals surface area contributed by atoms with Crippen molar-refractivity contribution in [2.45, 2.75) is 0 Å². The number of ether oxygens (including phenoxy) is 2. The molecule has 2 aromatic rings. The van der Waals surface area contributed by atoms with Gasteiger partial charge in [0.15, 0.2) is 13.2 Å². The molecule has 0 aliphatic rings. The Bertz CT molecular complexity index is 821. The smallest absolute Gasteiger partial charge is 0.325 e. The average molecular weight is 391 g/mol. The Labute approximate surface area is 158 Å². The lowest BCUT2D eigenvalue weighted by Gasteiger charge is -2.08. The zero-order valence-electron chi connectivity index (χ0n) is 14.1. The lowest BCUT2D eigenvalue weighted by molar-refractivity contribution is -0.147. The van der Waals surface area contributed by atoms with Gasteiger partial charge in [0.05, 0.1) is 5.56 Å². The maximum atomic E-state index is 11.7. The third-order valence-corrected chi connectivity index (χ3v) is 3.92. The summed E-state index contributed by atoms with van der Waals surface area (Å²) in [5.74, 6) is -2.09. The molecule has 4 N–H and O–H groups in total. The van der Waals surface area contributed by atoms with Crippen LogP contribution in [-0.2, 0) is 19.1 Å². The van der Waals surface area contributed by atoms with Crippen LogP contribution in [0, 0.1) is 0 Å². The van der Waals surface area contributed by atoms with Crippen molar-refractivity contribution >= 4 is 40.0 Å². The Balaban J connectivity index is 1.65. The number of benzene rings is 1. The Morgan fingerprint density at radius 1 is 1.00 bits per heavy atom. The molecule has 2 rings (SSSR count). The van der Waals surface area contributed by atoms with Crippen molar-refractivity contribution in [2.24, 2.45) is 5.73 Å². The summed E-state index contributed by atoms with van der Waals surface area (Å²) in [7, 11) is 0. The number of esters is 1. The monoisotopic (exact) mass is 391 g/mol. The number of anilines is 1. The van der Waals surface area contributed by atoms with Gasteiger partial charge in [0.2, 0.25) is 0 Å². The van der Waals surface area contributed by atoms with Gasteiger partial charge in [0, 0.05) is 0 Å². The third-order valence-electron chi connectivity index (χ3n) is 3.09. The van der Waals surface area contributed by atoms with Crippen LogP contribution in [0.3, 0.4) is 0 Å². The third kappa shape index (κ3) is 6.78. The molecule has 0 atom stereocenters. The van der Waals surface area contributed by atoms with Crippen molar-refractivity contribution in [1.29, 1.82) is 0 Å². The molecular weight excluding hydrogens is 374 g/mol. The molecule has 1 aromatic carbocycles. The highest BCUT2D eigenvalue weighted by atomic mass is 32.1. The number of para-hydroxylation sites is 1. The number of nitrogens with two attached hydrogens (primary N) is 1. The average Bonchev–Trinajstić information content (AvgIpc) is 3.12. The SMILES string of the molecule is NC(=O)c1ccsc1NC(=O)COC(=O)CNC(=O)COc1ccccc1. The van der Waals surface area contributed by atoms with Crippen LogP contribution in [0.2, 0.25) is 0 Å². The lowest BCUT2D eigenvalue weighted by Crippen LogP contribution is -2.35. The zero-order chi connectivity index (χ0) is 19.6. The fourth-order valence-electron chi connectivity index (χ4n) is 1.85. The Kier molecular flexibility index (Phi) is 7.32. The van der Waals surface area contributed by atoms with E-state index in [0.29, 0.717) is 5.75 Å². The van der Waals surface area contributed by atoms with Crippen LogP contribution in [0.15, 0.2) is 41.8 Å². The zero-order valence-corrected chi connectivity index (χ0v) is 14.9. The van der Waals surface area contributed by atoms with Crippen molar-refractivity contribution in [3.8, 4) is 5.75 Å². The summed E-state index contributed by atoms with van der Waals surface area (Å²) in [5, 5.41) is 6.61. The highest BCUT2D eigenvalue weighted by molar-refractivity contribution is 7.14. The summed E-state index contributed by atoms with van der Waals surface area (Å²) in [6.07, 6.45) is 0. The second kappa shape index (κ2) is 9.92. The van der Waals surface area contributed by atoms with Crippen LogP contribution < -0.4 is 21.1 Å². The first-order valence-electron chi connectivity index (χ1n) is 7.73. The molecule has 10 heteroatoms. The maximum absolute atomic E-state index is 11.7. The van der Waals surface area contributed by atoms with E-state index in [9.17, 15) is 19.2 Å². The van der Waals surface area contributed by atoms with Gasteiger partial charge in [-0.25, -0.2) is 0 Å². The van der Waals surface area contributed by atoms with Crippen molar-refractivity contribution < 1.29 is 28.7 Å². The minimum atomic E-state index is -0.792. The summed E-state index contributed by atoms with van der Waals surface area (Å²) in [5.41, 5.74) is 5.34. The van der Waals surface area contributed by atoms with Gasteiger partial charge in [-0.05, 0) is 23.6 Å². The molecule has 0 fully saturated rings. The van der Waals surface area contributed by atoms with Crippen LogP contribution in [0.5, 0.6) is 5.75 Å². The predicted octanol–water partition coefficient (Wildman–Crippen LogP) is 0.524. The van der Waals surface area contributed by atoms with E-state index in [1.54, 1.807) is 29.6 Å². The summed E-state index contributed by atoms with van der Waals surface area (Å²) in [6, 6.07) is 10.2. The van der Waals surface area contributed by atoms with Crippen LogP contribution in [0.25, 0.3) is 0 Å². The van der Waals surface area contributed by atoms with Crippen molar-refractivity contribution in [1.82, 2.24) is 5.32 Å². The van der Waals surface area contributed by atoms with E-state index in [4.69, 9.17) is 15.2 Å². The second-order valence-corrected chi connectivity index (χ2v) is 6.03. The molecule has 0 spiro atoms. The van der Waals surface area contributed by atoms with Gasteiger partial charge in [-0.1, -0.05) is 18.2 Å². The van der Waals surface area contributed by atoms with Crippen molar-refractivity contribution in [2.75, 3.05) is 25.1 Å². The molecule has 0 saturated carbocycles. The van der Waals surface area contributed by atoms with E-state index in [1.165, 1.54) is 6.07 Å². The van der Waals surface area contributed by atoms with E-state index in [1.807, 2.05) is 6.07 Å². The fraction of sp³-hybridized carbons (Fsp3) is 0.176. The van der Waals surface area contributed by atoms with E-state index >= 15 is 0 Å². The van der Waals surface area contributed by atoms with E-state index in [2.05, 4.69) is 10.6 Å². The fourth-order valence-corrected chi connectivity index (χ4v) is 2.66. The molecule has 9 nitrogen and oxygen atoms in total. The summed E-state index contributed by atoms with van der Waals surface area (Å²) in [4.78, 5) is 46.1. The molecule has 3 amide bonds. The number of amides is 3. The first-order valence-corrected chi connectivity index (χ1v) is 8.61. The molecule has 0 saturated heterocycles. The quantitative estimate of drug-likeness (QED) is 0.533. The van der Waals surface area contributed by atoms with E-state index in [-0.39, 0.29) is 17.2 Å². The van der Waals surface area contributed by atoms with E-state index in [0.717, 1.165) is 11.3 Å². The number of carbonyl (C=O) groups excluding carboxylic acids is 4. The van der Waals surface area contributed by atoms with Gasteiger partial charge in [0.25, 0.3) is 17.7 Å². The molecule has 0 unspecified atom stereocenters. The van der Waals surface area contributed by atoms with Crippen molar-refractivity contribution in [3.05, 3.63) is 47.3 Å². The number of nitrogens with one attached hydrogen (secondary N) is 2. The number of primary amides is 1. The van der Waals surface area contributed by atoms with Gasteiger partial charge in [-0.3, -0.25) is 19.2 Å². The van der Waals surface area contributed by atoms with Crippen LogP contribution in [-0.4, -0.2) is 43.4 Å². The van der Waals surface area contributed by atoms with Gasteiger partial charge in [-0.15, -0.1) is 11.3 Å². The highest BCUT2D eigenvalue weighted by Gasteiger charge is 2.14. The molecule has 0 aliphatic carbocycles. The Morgan fingerprint density at radius 3 is 2.44 bits per heavy atom. The van der Waals surface area contributed by atoms with Gasteiger partial charge in [-0.2, -0.15) is 0 Å². The molecular formula is C17H17N3O6S. The minimum Gasteiger partial charge on any atom is -0.484 e. The highest BCUT2D eigenvalue weighted by Crippen LogP contribution is 2.22. The standard InChI is InChI=1S/C17H17N3O6S/c18-16(24)12-6-7-27-17(12)20-14(22)10-26-15(23)8-19-13(21)9-25-11-4-2-1-3-5-11/h1-7H,8-10H2,(H2,18,24)(H,19,21)(H,20,22).